The Labute approximate surface area is 97.3 Å². The van der Waals surface area contributed by atoms with Crippen molar-refractivity contribution in [3.63, 3.8) is 0 Å². The summed E-state index contributed by atoms with van der Waals surface area (Å²) in [7, 11) is 0. The number of carbonyl (C=O) groups is 1. The lowest BCUT2D eigenvalue weighted by Crippen LogP contribution is -2.37. The topological polar surface area (TPSA) is 64.3 Å². The molecule has 4 nitrogen and oxygen atoms in total. The van der Waals surface area contributed by atoms with E-state index >= 15 is 0 Å². The van der Waals surface area contributed by atoms with E-state index in [4.69, 9.17) is 10.5 Å². The van der Waals surface area contributed by atoms with Gasteiger partial charge in [-0.05, 0) is 12.3 Å². The molecule has 15 heavy (non-hydrogen) atoms. The number of hydrogen-bond acceptors (Lipinski definition) is 3. The first-order valence-corrected chi connectivity index (χ1v) is 5.23. The Morgan fingerprint density at radius 3 is 2.80 bits per heavy atom. The molecule has 1 aliphatic heterocycles. The number of nitrogens with one attached hydrogen (secondary N) is 1. The van der Waals surface area contributed by atoms with Crippen molar-refractivity contribution in [3.05, 3.63) is 0 Å². The summed E-state index contributed by atoms with van der Waals surface area (Å²) in [4.78, 5) is 11.0. The van der Waals surface area contributed by atoms with Crippen LogP contribution in [0.15, 0.2) is 0 Å². The SMILES string of the molecule is CC(C)C1OCCC1CNC(=O)CN.Cl. The van der Waals surface area contributed by atoms with E-state index in [1.807, 2.05) is 0 Å². The van der Waals surface area contributed by atoms with E-state index in [0.717, 1.165) is 13.0 Å². The molecule has 0 aliphatic carbocycles. The number of rotatable bonds is 4. The lowest BCUT2D eigenvalue weighted by atomic mass is 9.93. The van der Waals surface area contributed by atoms with Gasteiger partial charge in [0.2, 0.25) is 5.91 Å². The molecule has 1 rings (SSSR count). The van der Waals surface area contributed by atoms with Gasteiger partial charge in [-0.15, -0.1) is 12.4 Å². The molecule has 2 atom stereocenters. The van der Waals surface area contributed by atoms with Crippen LogP contribution in [-0.2, 0) is 9.53 Å². The molecule has 2 unspecified atom stereocenters. The smallest absolute Gasteiger partial charge is 0.233 e. The highest BCUT2D eigenvalue weighted by Crippen LogP contribution is 2.25. The fraction of sp³-hybridized carbons (Fsp3) is 0.900. The molecule has 1 amide bonds. The monoisotopic (exact) mass is 236 g/mol. The highest BCUT2D eigenvalue weighted by Gasteiger charge is 2.30. The first-order valence-electron chi connectivity index (χ1n) is 5.23. The van der Waals surface area contributed by atoms with E-state index in [2.05, 4.69) is 19.2 Å². The Bertz CT molecular complexity index is 200. The summed E-state index contributed by atoms with van der Waals surface area (Å²) in [6, 6.07) is 0. The molecule has 3 N–H and O–H groups in total. The van der Waals surface area contributed by atoms with Gasteiger partial charge in [0.1, 0.15) is 0 Å². The van der Waals surface area contributed by atoms with Crippen LogP contribution < -0.4 is 11.1 Å². The maximum atomic E-state index is 11.0. The van der Waals surface area contributed by atoms with Crippen molar-refractivity contribution in [3.8, 4) is 0 Å². The van der Waals surface area contributed by atoms with Crippen molar-refractivity contribution in [1.29, 1.82) is 0 Å². The van der Waals surface area contributed by atoms with E-state index < -0.39 is 0 Å². The van der Waals surface area contributed by atoms with Crippen LogP contribution in [0.5, 0.6) is 0 Å². The van der Waals surface area contributed by atoms with E-state index in [9.17, 15) is 4.79 Å². The second kappa shape index (κ2) is 7.04. The van der Waals surface area contributed by atoms with E-state index in [0.29, 0.717) is 18.4 Å². The fourth-order valence-electron chi connectivity index (χ4n) is 1.93. The van der Waals surface area contributed by atoms with Gasteiger partial charge in [-0.1, -0.05) is 13.8 Å². The fourth-order valence-corrected chi connectivity index (χ4v) is 1.93. The Hall–Kier alpha value is -0.320. The molecule has 0 saturated carbocycles. The van der Waals surface area contributed by atoms with Crippen LogP contribution in [0.25, 0.3) is 0 Å². The first-order chi connectivity index (χ1) is 6.65. The van der Waals surface area contributed by atoms with Gasteiger partial charge in [0, 0.05) is 19.1 Å². The Morgan fingerprint density at radius 2 is 2.27 bits per heavy atom. The molecule has 5 heteroatoms. The number of hydrogen-bond donors (Lipinski definition) is 2. The van der Waals surface area contributed by atoms with Crippen LogP contribution >= 0.6 is 12.4 Å². The molecule has 1 fully saturated rings. The third-order valence-electron chi connectivity index (χ3n) is 2.67. The van der Waals surface area contributed by atoms with Gasteiger partial charge < -0.3 is 15.8 Å². The van der Waals surface area contributed by atoms with Crippen LogP contribution in [0.4, 0.5) is 0 Å². The zero-order chi connectivity index (χ0) is 10.6. The summed E-state index contributed by atoms with van der Waals surface area (Å²) in [6.45, 7) is 5.87. The summed E-state index contributed by atoms with van der Waals surface area (Å²) in [5, 5.41) is 2.82. The minimum Gasteiger partial charge on any atom is -0.378 e. The number of halogens is 1. The van der Waals surface area contributed by atoms with Crippen molar-refractivity contribution in [2.75, 3.05) is 19.7 Å². The van der Waals surface area contributed by atoms with Crippen LogP contribution in [-0.4, -0.2) is 31.7 Å². The molecule has 0 aromatic heterocycles. The molecule has 90 valence electrons. The second-order valence-corrected chi connectivity index (χ2v) is 4.14. The summed E-state index contributed by atoms with van der Waals surface area (Å²) < 4.78 is 5.61. The molecular formula is C10H21ClN2O2. The lowest BCUT2D eigenvalue weighted by Gasteiger charge is -2.22. The molecule has 0 spiro atoms. The Balaban J connectivity index is 0.00000196. The average Bonchev–Trinajstić information content (AvgIpc) is 2.62. The third-order valence-corrected chi connectivity index (χ3v) is 2.67. The molecular weight excluding hydrogens is 216 g/mol. The van der Waals surface area contributed by atoms with Crippen molar-refractivity contribution in [1.82, 2.24) is 5.32 Å². The highest BCUT2D eigenvalue weighted by molar-refractivity contribution is 5.85. The zero-order valence-corrected chi connectivity index (χ0v) is 10.2. The summed E-state index contributed by atoms with van der Waals surface area (Å²) in [5.74, 6) is 0.877. The van der Waals surface area contributed by atoms with Gasteiger partial charge in [-0.25, -0.2) is 0 Å². The summed E-state index contributed by atoms with van der Waals surface area (Å²) in [6.07, 6.45) is 1.32. The summed E-state index contributed by atoms with van der Waals surface area (Å²) >= 11 is 0. The molecule has 0 aromatic rings. The first kappa shape index (κ1) is 14.7. The summed E-state index contributed by atoms with van der Waals surface area (Å²) in [5.41, 5.74) is 5.21. The normalized spacial score (nSPS) is 25.1. The van der Waals surface area contributed by atoms with Crippen molar-refractivity contribution < 1.29 is 9.53 Å². The molecule has 0 radical (unpaired) electrons. The second-order valence-electron chi connectivity index (χ2n) is 4.14. The standard InChI is InChI=1S/C10H20N2O2.ClH/c1-7(2)10-8(3-4-14-10)6-12-9(13)5-11;/h7-8,10H,3-6,11H2,1-2H3,(H,12,13);1H. The van der Waals surface area contributed by atoms with Gasteiger partial charge in [0.15, 0.2) is 0 Å². The van der Waals surface area contributed by atoms with Gasteiger partial charge in [-0.2, -0.15) is 0 Å². The van der Waals surface area contributed by atoms with Crippen LogP contribution in [0.3, 0.4) is 0 Å². The van der Waals surface area contributed by atoms with Gasteiger partial charge in [0.05, 0.1) is 12.6 Å². The minimum atomic E-state index is -0.0839. The van der Waals surface area contributed by atoms with Crippen LogP contribution in [0.1, 0.15) is 20.3 Å². The largest absolute Gasteiger partial charge is 0.378 e. The molecule has 0 bridgehead atoms. The Kier molecular flexibility index (Phi) is 6.89. The third kappa shape index (κ3) is 4.36. The number of ether oxygens (including phenoxy) is 1. The molecule has 1 heterocycles. The maximum absolute atomic E-state index is 11.0. The van der Waals surface area contributed by atoms with Crippen LogP contribution in [0, 0.1) is 11.8 Å². The number of carbonyl (C=O) groups excluding carboxylic acids is 1. The number of nitrogens with two attached hydrogens (primary N) is 1. The minimum absolute atomic E-state index is 0. The van der Waals surface area contributed by atoms with Crippen molar-refractivity contribution in [2.24, 2.45) is 17.6 Å². The quantitative estimate of drug-likeness (QED) is 0.749. The average molecular weight is 237 g/mol. The van der Waals surface area contributed by atoms with Crippen molar-refractivity contribution >= 4 is 18.3 Å². The molecule has 1 saturated heterocycles. The zero-order valence-electron chi connectivity index (χ0n) is 9.36. The highest BCUT2D eigenvalue weighted by atomic mass is 35.5. The van der Waals surface area contributed by atoms with Gasteiger partial charge in [-0.3, -0.25) is 4.79 Å². The van der Waals surface area contributed by atoms with E-state index in [1.165, 1.54) is 0 Å². The maximum Gasteiger partial charge on any atom is 0.233 e. The molecule has 1 aliphatic rings. The van der Waals surface area contributed by atoms with E-state index in [1.54, 1.807) is 0 Å². The lowest BCUT2D eigenvalue weighted by molar-refractivity contribution is -0.120. The predicted molar refractivity (Wildman–Crippen MR) is 62.0 cm³/mol. The van der Waals surface area contributed by atoms with E-state index in [-0.39, 0.29) is 31.0 Å². The van der Waals surface area contributed by atoms with Gasteiger partial charge >= 0.3 is 0 Å². The Morgan fingerprint density at radius 1 is 1.60 bits per heavy atom. The molecule has 0 aromatic carbocycles. The van der Waals surface area contributed by atoms with Crippen LogP contribution in [0.2, 0.25) is 0 Å². The predicted octanol–water partition coefficient (Wildman–Crippen LogP) is 0.544. The van der Waals surface area contributed by atoms with Crippen molar-refractivity contribution in [2.45, 2.75) is 26.4 Å². The number of amides is 1. The van der Waals surface area contributed by atoms with Gasteiger partial charge in [0.25, 0.3) is 0 Å².